The molecule has 2 aliphatic rings. The Labute approximate surface area is 111 Å². The lowest BCUT2D eigenvalue weighted by molar-refractivity contribution is -0.117. The van der Waals surface area contributed by atoms with Gasteiger partial charge < -0.3 is 9.52 Å². The Morgan fingerprint density at radius 1 is 1.42 bits per heavy atom. The molecule has 3 rings (SSSR count). The first-order valence-electron chi connectivity index (χ1n) is 6.74. The first kappa shape index (κ1) is 12.6. The summed E-state index contributed by atoms with van der Waals surface area (Å²) in [6.45, 7) is 1.20. The van der Waals surface area contributed by atoms with E-state index in [-0.39, 0.29) is 31.1 Å². The van der Waals surface area contributed by atoms with Crippen LogP contribution in [0.1, 0.15) is 37.5 Å². The van der Waals surface area contributed by atoms with Crippen molar-refractivity contribution in [3.05, 3.63) is 5.89 Å². The number of aliphatic hydroxyl groups excluding tert-OH is 1. The number of hydrogen-bond donors (Lipinski definition) is 2. The second-order valence-electron chi connectivity index (χ2n) is 5.22. The molecule has 0 bridgehead atoms. The van der Waals surface area contributed by atoms with E-state index in [4.69, 9.17) is 4.42 Å². The van der Waals surface area contributed by atoms with E-state index in [0.717, 1.165) is 32.2 Å². The number of anilines is 1. The molecular weight excluding hydrogens is 248 g/mol. The smallest absolute Gasteiger partial charge is 0.322 e. The Hall–Kier alpha value is -1.47. The first-order valence-corrected chi connectivity index (χ1v) is 6.74. The van der Waals surface area contributed by atoms with Crippen LogP contribution in [-0.4, -0.2) is 51.8 Å². The Kier molecular flexibility index (Phi) is 3.48. The lowest BCUT2D eigenvalue weighted by Gasteiger charge is -2.21. The van der Waals surface area contributed by atoms with Crippen molar-refractivity contribution >= 4 is 11.9 Å². The van der Waals surface area contributed by atoms with Crippen LogP contribution in [0.25, 0.3) is 0 Å². The van der Waals surface area contributed by atoms with Crippen molar-refractivity contribution < 1.29 is 14.3 Å². The van der Waals surface area contributed by atoms with E-state index >= 15 is 0 Å². The van der Waals surface area contributed by atoms with E-state index < -0.39 is 0 Å². The monoisotopic (exact) mass is 266 g/mol. The third-order valence-electron chi connectivity index (χ3n) is 3.67. The van der Waals surface area contributed by atoms with Gasteiger partial charge in [-0.25, -0.2) is 0 Å². The molecule has 19 heavy (non-hydrogen) atoms. The summed E-state index contributed by atoms with van der Waals surface area (Å²) in [7, 11) is 0. The third kappa shape index (κ3) is 2.93. The second-order valence-corrected chi connectivity index (χ2v) is 5.22. The fourth-order valence-electron chi connectivity index (χ4n) is 2.43. The van der Waals surface area contributed by atoms with Gasteiger partial charge in [-0.3, -0.25) is 15.0 Å². The quantitative estimate of drug-likeness (QED) is 0.798. The molecule has 7 heteroatoms. The summed E-state index contributed by atoms with van der Waals surface area (Å²) in [5, 5.41) is 19.5. The molecule has 1 unspecified atom stereocenters. The van der Waals surface area contributed by atoms with Gasteiger partial charge >= 0.3 is 6.01 Å². The number of likely N-dealkylation sites (tertiary alicyclic amines) is 1. The SMILES string of the molecule is O=C(CN1CCCC1CO)Nc1nnc(C2CC2)o1. The van der Waals surface area contributed by atoms with Crippen LogP contribution in [0.2, 0.25) is 0 Å². The average Bonchev–Trinajstić information content (AvgIpc) is 2.98. The van der Waals surface area contributed by atoms with E-state index in [2.05, 4.69) is 15.5 Å². The number of rotatable bonds is 5. The van der Waals surface area contributed by atoms with E-state index in [1.807, 2.05) is 4.90 Å². The second kappa shape index (κ2) is 5.26. The fourth-order valence-corrected chi connectivity index (χ4v) is 2.43. The minimum atomic E-state index is -0.175. The number of carbonyl (C=O) groups is 1. The molecule has 1 saturated heterocycles. The summed E-state index contributed by atoms with van der Waals surface area (Å²) in [6, 6.07) is 0.266. The van der Waals surface area contributed by atoms with Crippen LogP contribution in [0.3, 0.4) is 0 Å². The van der Waals surface area contributed by atoms with Crippen LogP contribution < -0.4 is 5.32 Å². The first-order chi connectivity index (χ1) is 9.26. The van der Waals surface area contributed by atoms with Gasteiger partial charge in [0.2, 0.25) is 11.8 Å². The Morgan fingerprint density at radius 3 is 3.00 bits per heavy atom. The molecule has 104 valence electrons. The highest BCUT2D eigenvalue weighted by atomic mass is 16.4. The Bertz CT molecular complexity index is 458. The van der Waals surface area contributed by atoms with E-state index in [1.165, 1.54) is 0 Å². The van der Waals surface area contributed by atoms with Crippen LogP contribution in [-0.2, 0) is 4.79 Å². The van der Waals surface area contributed by atoms with Crippen LogP contribution in [0.4, 0.5) is 6.01 Å². The topological polar surface area (TPSA) is 91.5 Å². The van der Waals surface area contributed by atoms with Crippen molar-refractivity contribution in [3.63, 3.8) is 0 Å². The summed E-state index contributed by atoms with van der Waals surface area (Å²) in [5.74, 6) is 0.826. The van der Waals surface area contributed by atoms with Gasteiger partial charge in [-0.05, 0) is 32.2 Å². The minimum absolute atomic E-state index is 0.0930. The molecule has 7 nitrogen and oxygen atoms in total. The van der Waals surface area contributed by atoms with Crippen LogP contribution in [0, 0.1) is 0 Å². The average molecular weight is 266 g/mol. The van der Waals surface area contributed by atoms with E-state index in [9.17, 15) is 9.90 Å². The highest BCUT2D eigenvalue weighted by Gasteiger charge is 2.30. The maximum Gasteiger partial charge on any atom is 0.322 e. The molecule has 1 aromatic rings. The lowest BCUT2D eigenvalue weighted by atomic mass is 10.2. The maximum atomic E-state index is 11.9. The molecule has 1 saturated carbocycles. The number of amides is 1. The number of aromatic nitrogens is 2. The van der Waals surface area contributed by atoms with Gasteiger partial charge in [-0.1, -0.05) is 5.10 Å². The molecule has 1 amide bonds. The molecule has 1 aliphatic heterocycles. The standard InChI is InChI=1S/C12H18N4O3/c17-7-9-2-1-5-16(9)6-10(18)13-12-15-14-11(19-12)8-3-4-8/h8-9,17H,1-7H2,(H,13,15,18). The molecule has 2 fully saturated rings. The van der Waals surface area contributed by atoms with Crippen molar-refractivity contribution in [1.29, 1.82) is 0 Å². The molecule has 1 atom stereocenters. The predicted octanol–water partition coefficient (Wildman–Crippen LogP) is 0.342. The van der Waals surface area contributed by atoms with Gasteiger partial charge in [-0.2, -0.15) is 0 Å². The highest BCUT2D eigenvalue weighted by molar-refractivity contribution is 5.90. The van der Waals surface area contributed by atoms with Gasteiger partial charge in [-0.15, -0.1) is 5.10 Å². The van der Waals surface area contributed by atoms with Gasteiger partial charge in [0.1, 0.15) is 0 Å². The molecule has 0 radical (unpaired) electrons. The summed E-state index contributed by atoms with van der Waals surface area (Å²) >= 11 is 0. The summed E-state index contributed by atoms with van der Waals surface area (Å²) in [6.07, 6.45) is 4.13. The van der Waals surface area contributed by atoms with Gasteiger partial charge in [0.15, 0.2) is 0 Å². The van der Waals surface area contributed by atoms with Gasteiger partial charge in [0.25, 0.3) is 0 Å². The number of aliphatic hydroxyl groups is 1. The maximum absolute atomic E-state index is 11.9. The summed E-state index contributed by atoms with van der Waals surface area (Å²) < 4.78 is 5.37. The normalized spacial score (nSPS) is 23.7. The summed E-state index contributed by atoms with van der Waals surface area (Å²) in [4.78, 5) is 13.8. The molecule has 1 aliphatic carbocycles. The molecule has 2 N–H and O–H groups in total. The number of nitrogens with zero attached hydrogens (tertiary/aromatic N) is 3. The number of nitrogens with one attached hydrogen (secondary N) is 1. The number of carbonyl (C=O) groups excluding carboxylic acids is 1. The molecule has 2 heterocycles. The van der Waals surface area contributed by atoms with Crippen molar-refractivity contribution in [1.82, 2.24) is 15.1 Å². The molecule has 0 spiro atoms. The zero-order valence-electron chi connectivity index (χ0n) is 10.7. The Balaban J connectivity index is 1.52. The summed E-state index contributed by atoms with van der Waals surface area (Å²) in [5.41, 5.74) is 0. The van der Waals surface area contributed by atoms with Gasteiger partial charge in [0.05, 0.1) is 13.2 Å². The largest absolute Gasteiger partial charge is 0.408 e. The van der Waals surface area contributed by atoms with Crippen molar-refractivity contribution in [3.8, 4) is 0 Å². The molecular formula is C12H18N4O3. The van der Waals surface area contributed by atoms with Crippen molar-refractivity contribution in [2.24, 2.45) is 0 Å². The van der Waals surface area contributed by atoms with E-state index in [1.54, 1.807) is 0 Å². The van der Waals surface area contributed by atoms with Crippen molar-refractivity contribution in [2.45, 2.75) is 37.6 Å². The number of hydrogen-bond acceptors (Lipinski definition) is 6. The predicted molar refractivity (Wildman–Crippen MR) is 66.6 cm³/mol. The lowest BCUT2D eigenvalue weighted by Crippen LogP contribution is -2.38. The Morgan fingerprint density at radius 2 is 2.26 bits per heavy atom. The van der Waals surface area contributed by atoms with Gasteiger partial charge in [0, 0.05) is 12.0 Å². The highest BCUT2D eigenvalue weighted by Crippen LogP contribution is 2.39. The minimum Gasteiger partial charge on any atom is -0.408 e. The zero-order chi connectivity index (χ0) is 13.2. The molecule has 1 aromatic heterocycles. The van der Waals surface area contributed by atoms with Crippen LogP contribution in [0.5, 0.6) is 0 Å². The third-order valence-corrected chi connectivity index (χ3v) is 3.67. The molecule has 0 aromatic carbocycles. The van der Waals surface area contributed by atoms with Crippen LogP contribution in [0.15, 0.2) is 4.42 Å². The van der Waals surface area contributed by atoms with E-state index in [0.29, 0.717) is 11.8 Å². The van der Waals surface area contributed by atoms with Crippen LogP contribution >= 0.6 is 0 Å². The zero-order valence-corrected chi connectivity index (χ0v) is 10.7. The fraction of sp³-hybridized carbons (Fsp3) is 0.750. The van der Waals surface area contributed by atoms with Crippen molar-refractivity contribution in [2.75, 3.05) is 25.0 Å².